The van der Waals surface area contributed by atoms with E-state index in [2.05, 4.69) is 52.0 Å². The molecule has 0 aliphatic heterocycles. The smallest absolute Gasteiger partial charge is 0.119 e. The van der Waals surface area contributed by atoms with Crippen LogP contribution in [0.15, 0.2) is 24.3 Å². The van der Waals surface area contributed by atoms with Crippen LogP contribution >= 0.6 is 0 Å². The highest BCUT2D eigenvalue weighted by Crippen LogP contribution is 2.38. The highest BCUT2D eigenvalue weighted by Gasteiger charge is 2.35. The lowest BCUT2D eigenvalue weighted by molar-refractivity contribution is 0.0592. The molecule has 0 radical (unpaired) electrons. The maximum Gasteiger partial charge on any atom is 0.119 e. The third-order valence-corrected chi connectivity index (χ3v) is 4.82. The molecular weight excluding hydrogens is 258 g/mol. The van der Waals surface area contributed by atoms with E-state index in [-0.39, 0.29) is 12.1 Å². The molecule has 0 aromatic heterocycles. The van der Waals surface area contributed by atoms with Crippen molar-refractivity contribution in [2.75, 3.05) is 0 Å². The SMILES string of the molecule is CCCc1ccc(OC2CC(C(C)(C)C)CCC2N)cc1. The largest absolute Gasteiger partial charge is 0.489 e. The molecule has 2 rings (SSSR count). The van der Waals surface area contributed by atoms with Gasteiger partial charge in [0.25, 0.3) is 0 Å². The molecule has 0 saturated heterocycles. The topological polar surface area (TPSA) is 35.2 Å². The second-order valence-electron chi connectivity index (χ2n) is 7.59. The van der Waals surface area contributed by atoms with Gasteiger partial charge in [0, 0.05) is 6.04 Å². The Bertz CT molecular complexity index is 432. The Kier molecular flexibility index (Phi) is 5.32. The Labute approximate surface area is 130 Å². The van der Waals surface area contributed by atoms with Crippen LogP contribution in [0.3, 0.4) is 0 Å². The summed E-state index contributed by atoms with van der Waals surface area (Å²) in [5, 5.41) is 0. The van der Waals surface area contributed by atoms with Crippen molar-refractivity contribution in [3.8, 4) is 5.75 Å². The van der Waals surface area contributed by atoms with Gasteiger partial charge in [-0.1, -0.05) is 46.2 Å². The van der Waals surface area contributed by atoms with Crippen LogP contribution in [0.5, 0.6) is 5.75 Å². The van der Waals surface area contributed by atoms with Gasteiger partial charge in [0.15, 0.2) is 0 Å². The van der Waals surface area contributed by atoms with E-state index in [0.29, 0.717) is 11.3 Å². The van der Waals surface area contributed by atoms with Gasteiger partial charge in [0.05, 0.1) is 0 Å². The summed E-state index contributed by atoms with van der Waals surface area (Å²) >= 11 is 0. The van der Waals surface area contributed by atoms with Crippen molar-refractivity contribution in [1.29, 1.82) is 0 Å². The van der Waals surface area contributed by atoms with Crippen molar-refractivity contribution in [2.24, 2.45) is 17.1 Å². The summed E-state index contributed by atoms with van der Waals surface area (Å²) in [4.78, 5) is 0. The maximum atomic E-state index is 6.28. The molecular formula is C19H31NO. The van der Waals surface area contributed by atoms with Gasteiger partial charge in [-0.3, -0.25) is 0 Å². The van der Waals surface area contributed by atoms with E-state index in [1.165, 1.54) is 18.4 Å². The second kappa shape index (κ2) is 6.83. The summed E-state index contributed by atoms with van der Waals surface area (Å²) < 4.78 is 6.20. The zero-order valence-corrected chi connectivity index (χ0v) is 14.1. The van der Waals surface area contributed by atoms with E-state index >= 15 is 0 Å². The number of hydrogen-bond donors (Lipinski definition) is 1. The average molecular weight is 289 g/mol. The summed E-state index contributed by atoms with van der Waals surface area (Å²) in [5.41, 5.74) is 8.00. The van der Waals surface area contributed by atoms with Crippen molar-refractivity contribution in [1.82, 2.24) is 0 Å². The van der Waals surface area contributed by atoms with E-state index in [1.54, 1.807) is 0 Å². The van der Waals surface area contributed by atoms with Crippen molar-refractivity contribution >= 4 is 0 Å². The quantitative estimate of drug-likeness (QED) is 0.882. The molecule has 1 aromatic carbocycles. The van der Waals surface area contributed by atoms with Crippen LogP contribution in [0.25, 0.3) is 0 Å². The first-order chi connectivity index (χ1) is 9.90. The van der Waals surface area contributed by atoms with Crippen LogP contribution in [0.2, 0.25) is 0 Å². The molecule has 2 heteroatoms. The lowest BCUT2D eigenvalue weighted by Gasteiger charge is -2.40. The first-order valence-electron chi connectivity index (χ1n) is 8.41. The summed E-state index contributed by atoms with van der Waals surface area (Å²) in [7, 11) is 0. The Hall–Kier alpha value is -1.02. The van der Waals surface area contributed by atoms with Crippen LogP contribution in [0.1, 0.15) is 58.9 Å². The van der Waals surface area contributed by atoms with E-state index in [0.717, 1.165) is 25.0 Å². The number of benzene rings is 1. The Morgan fingerprint density at radius 1 is 1.14 bits per heavy atom. The fraction of sp³-hybridized carbons (Fsp3) is 0.684. The standard InChI is InChI=1S/C19H31NO/c1-5-6-14-7-10-16(11-8-14)21-18-13-15(19(2,3)4)9-12-17(18)20/h7-8,10-11,15,17-18H,5-6,9,12-13,20H2,1-4H3. The molecule has 3 atom stereocenters. The molecule has 21 heavy (non-hydrogen) atoms. The molecule has 1 aliphatic carbocycles. The van der Waals surface area contributed by atoms with Crippen molar-refractivity contribution in [2.45, 2.75) is 71.9 Å². The highest BCUT2D eigenvalue weighted by molar-refractivity contribution is 5.27. The monoisotopic (exact) mass is 289 g/mol. The molecule has 0 heterocycles. The van der Waals surface area contributed by atoms with Crippen molar-refractivity contribution in [3.63, 3.8) is 0 Å². The van der Waals surface area contributed by atoms with Crippen molar-refractivity contribution in [3.05, 3.63) is 29.8 Å². The molecule has 1 aromatic rings. The van der Waals surface area contributed by atoms with Gasteiger partial charge >= 0.3 is 0 Å². The van der Waals surface area contributed by atoms with Crippen LogP contribution in [-0.2, 0) is 6.42 Å². The minimum Gasteiger partial charge on any atom is -0.489 e. The summed E-state index contributed by atoms with van der Waals surface area (Å²) in [6, 6.07) is 8.71. The number of rotatable bonds is 4. The lowest BCUT2D eigenvalue weighted by Crippen LogP contribution is -2.46. The van der Waals surface area contributed by atoms with Crippen molar-refractivity contribution < 1.29 is 4.74 Å². The first-order valence-corrected chi connectivity index (χ1v) is 8.41. The van der Waals surface area contributed by atoms with Gasteiger partial charge < -0.3 is 10.5 Å². The Morgan fingerprint density at radius 3 is 2.38 bits per heavy atom. The van der Waals surface area contributed by atoms with Gasteiger partial charge in [0.1, 0.15) is 11.9 Å². The number of hydrogen-bond acceptors (Lipinski definition) is 2. The molecule has 1 fully saturated rings. The fourth-order valence-electron chi connectivity index (χ4n) is 3.27. The van der Waals surface area contributed by atoms with E-state index in [1.807, 2.05) is 0 Å². The predicted octanol–water partition coefficient (Wildman–Crippen LogP) is 4.56. The summed E-state index contributed by atoms with van der Waals surface area (Å²) in [6.45, 7) is 9.18. The Balaban J connectivity index is 1.99. The van der Waals surface area contributed by atoms with Gasteiger partial charge in [-0.25, -0.2) is 0 Å². The van der Waals surface area contributed by atoms with Gasteiger partial charge in [-0.05, 0) is 54.7 Å². The number of ether oxygens (including phenoxy) is 1. The van der Waals surface area contributed by atoms with Crippen LogP contribution in [0, 0.1) is 11.3 Å². The molecule has 2 N–H and O–H groups in total. The van der Waals surface area contributed by atoms with Gasteiger partial charge in [0.2, 0.25) is 0 Å². The molecule has 2 nitrogen and oxygen atoms in total. The maximum absolute atomic E-state index is 6.28. The zero-order valence-electron chi connectivity index (χ0n) is 14.1. The minimum atomic E-state index is 0.153. The van der Waals surface area contributed by atoms with E-state index in [4.69, 9.17) is 10.5 Å². The fourth-order valence-corrected chi connectivity index (χ4v) is 3.27. The van der Waals surface area contributed by atoms with E-state index < -0.39 is 0 Å². The minimum absolute atomic E-state index is 0.153. The molecule has 1 saturated carbocycles. The first kappa shape index (κ1) is 16.4. The average Bonchev–Trinajstić information content (AvgIpc) is 2.42. The summed E-state index contributed by atoms with van der Waals surface area (Å²) in [6.07, 6.45) is 5.83. The number of aryl methyl sites for hydroxylation is 1. The predicted molar refractivity (Wildman–Crippen MR) is 89.6 cm³/mol. The van der Waals surface area contributed by atoms with Gasteiger partial charge in [-0.2, -0.15) is 0 Å². The van der Waals surface area contributed by atoms with Crippen LogP contribution in [-0.4, -0.2) is 12.1 Å². The molecule has 0 spiro atoms. The van der Waals surface area contributed by atoms with Gasteiger partial charge in [-0.15, -0.1) is 0 Å². The second-order valence-corrected chi connectivity index (χ2v) is 7.59. The Morgan fingerprint density at radius 2 is 1.81 bits per heavy atom. The summed E-state index contributed by atoms with van der Waals surface area (Å²) in [5.74, 6) is 1.66. The van der Waals surface area contributed by atoms with Crippen LogP contribution < -0.4 is 10.5 Å². The number of nitrogens with two attached hydrogens (primary N) is 1. The van der Waals surface area contributed by atoms with E-state index in [9.17, 15) is 0 Å². The molecule has 3 unspecified atom stereocenters. The third kappa shape index (κ3) is 4.47. The molecule has 118 valence electrons. The van der Waals surface area contributed by atoms with Crippen LogP contribution in [0.4, 0.5) is 0 Å². The zero-order chi connectivity index (χ0) is 15.5. The lowest BCUT2D eigenvalue weighted by atomic mass is 9.70. The normalized spacial score (nSPS) is 26.6. The third-order valence-electron chi connectivity index (χ3n) is 4.82. The molecule has 1 aliphatic rings. The molecule has 0 amide bonds. The highest BCUT2D eigenvalue weighted by atomic mass is 16.5. The molecule has 0 bridgehead atoms.